The molecule has 0 aliphatic carbocycles. The van der Waals surface area contributed by atoms with Gasteiger partial charge in [0.05, 0.1) is 11.5 Å². The van der Waals surface area contributed by atoms with Gasteiger partial charge in [-0.05, 0) is 24.5 Å². The van der Waals surface area contributed by atoms with Gasteiger partial charge < -0.3 is 15.5 Å². The van der Waals surface area contributed by atoms with Gasteiger partial charge in [0.15, 0.2) is 0 Å². The number of aromatic nitrogens is 3. The van der Waals surface area contributed by atoms with E-state index < -0.39 is 0 Å². The van der Waals surface area contributed by atoms with Gasteiger partial charge in [-0.15, -0.1) is 5.10 Å². The van der Waals surface area contributed by atoms with Crippen molar-refractivity contribution < 1.29 is 4.74 Å². The summed E-state index contributed by atoms with van der Waals surface area (Å²) in [6.45, 7) is 2.15. The molecule has 126 valence electrons. The maximum absolute atomic E-state index is 9.72. The number of nitrogens with two attached hydrogens (primary N) is 1. The lowest BCUT2D eigenvalue weighted by Crippen LogP contribution is -2.21. The van der Waals surface area contributed by atoms with Crippen molar-refractivity contribution >= 4 is 10.9 Å². The molecule has 4 rings (SSSR count). The quantitative estimate of drug-likeness (QED) is 0.680. The first-order chi connectivity index (χ1) is 12.2. The Morgan fingerprint density at radius 1 is 1.36 bits per heavy atom. The van der Waals surface area contributed by atoms with Gasteiger partial charge in [-0.2, -0.15) is 5.26 Å². The average Bonchev–Trinajstić information content (AvgIpc) is 3.22. The number of unbranched alkanes of at least 4 members (excludes halogenated alkanes) is 1. The molecule has 3 heterocycles. The first-order valence-corrected chi connectivity index (χ1v) is 8.45. The van der Waals surface area contributed by atoms with Crippen LogP contribution >= 0.6 is 0 Å². The van der Waals surface area contributed by atoms with Crippen LogP contribution in [0.3, 0.4) is 0 Å². The molecule has 6 nitrogen and oxygen atoms in total. The standard InChI is InChI=1S/C19H19N5O/c1-2-3-7-15-17-16(12(9-20)18(21)25-19(17)24-23-15)13-10-22-14-8-5-4-6-11(13)14/h4-6,8,10,16,22H,2-3,7,21H2,1H3,(H,23,24)/t16-/m0/s1. The molecule has 0 radical (unpaired) electrons. The van der Waals surface area contributed by atoms with Crippen LogP contribution in [-0.4, -0.2) is 15.2 Å². The van der Waals surface area contributed by atoms with Crippen molar-refractivity contribution in [3.63, 3.8) is 0 Å². The molecule has 0 fully saturated rings. The largest absolute Gasteiger partial charge is 0.420 e. The van der Waals surface area contributed by atoms with Crippen LogP contribution in [-0.2, 0) is 6.42 Å². The number of aromatic amines is 2. The first kappa shape index (κ1) is 15.3. The van der Waals surface area contributed by atoms with Gasteiger partial charge in [0.2, 0.25) is 11.8 Å². The lowest BCUT2D eigenvalue weighted by molar-refractivity contribution is 0.379. The molecule has 0 amide bonds. The lowest BCUT2D eigenvalue weighted by Gasteiger charge is -2.23. The number of para-hydroxylation sites is 1. The second kappa shape index (κ2) is 6.02. The zero-order chi connectivity index (χ0) is 17.4. The summed E-state index contributed by atoms with van der Waals surface area (Å²) in [5, 5.41) is 18.2. The van der Waals surface area contributed by atoms with E-state index in [1.807, 2.05) is 30.5 Å². The normalized spacial score (nSPS) is 16.6. The maximum atomic E-state index is 9.72. The van der Waals surface area contributed by atoms with Gasteiger partial charge in [-0.3, -0.25) is 5.10 Å². The second-order valence-electron chi connectivity index (χ2n) is 6.24. The Balaban J connectivity index is 1.93. The Hall–Kier alpha value is -3.20. The Bertz CT molecular complexity index is 1000. The Morgan fingerprint density at radius 3 is 3.00 bits per heavy atom. The lowest BCUT2D eigenvalue weighted by atomic mass is 9.83. The number of rotatable bonds is 4. The molecule has 3 aromatic rings. The summed E-state index contributed by atoms with van der Waals surface area (Å²) in [6.07, 6.45) is 4.93. The molecule has 0 saturated heterocycles. The fourth-order valence-electron chi connectivity index (χ4n) is 3.50. The van der Waals surface area contributed by atoms with Crippen molar-refractivity contribution in [1.82, 2.24) is 15.2 Å². The number of aryl methyl sites for hydroxylation is 1. The number of H-pyrrole nitrogens is 2. The molecule has 0 bridgehead atoms. The molecular formula is C19H19N5O. The Labute approximate surface area is 145 Å². The molecule has 2 aromatic heterocycles. The van der Waals surface area contributed by atoms with E-state index in [1.54, 1.807) is 0 Å². The van der Waals surface area contributed by atoms with Crippen molar-refractivity contribution in [3.05, 3.63) is 58.7 Å². The molecule has 6 heteroatoms. The van der Waals surface area contributed by atoms with Crippen molar-refractivity contribution in [3.8, 4) is 11.9 Å². The van der Waals surface area contributed by atoms with Crippen LogP contribution in [0.4, 0.5) is 0 Å². The summed E-state index contributed by atoms with van der Waals surface area (Å²) in [5.74, 6) is 0.312. The molecule has 0 spiro atoms. The van der Waals surface area contributed by atoms with Crippen LogP contribution in [0.15, 0.2) is 41.9 Å². The molecular weight excluding hydrogens is 314 g/mol. The summed E-state index contributed by atoms with van der Waals surface area (Å²) in [4.78, 5) is 3.29. The number of hydrogen-bond donors (Lipinski definition) is 3. The number of allylic oxidation sites excluding steroid dienone is 1. The third kappa shape index (κ3) is 2.36. The van der Waals surface area contributed by atoms with E-state index in [0.717, 1.165) is 47.0 Å². The van der Waals surface area contributed by atoms with Gasteiger partial charge in [-0.25, -0.2) is 0 Å². The maximum Gasteiger partial charge on any atom is 0.244 e. The smallest absolute Gasteiger partial charge is 0.244 e. The molecule has 1 aliphatic heterocycles. The van der Waals surface area contributed by atoms with E-state index >= 15 is 0 Å². The average molecular weight is 333 g/mol. The monoisotopic (exact) mass is 333 g/mol. The SMILES string of the molecule is CCCCc1[nH]nc2c1[C@H](c1c[nH]c3ccccc13)C(C#N)=C(N)O2. The molecule has 25 heavy (non-hydrogen) atoms. The number of ether oxygens (including phenoxy) is 1. The molecule has 1 aliphatic rings. The molecule has 0 unspecified atom stereocenters. The van der Waals surface area contributed by atoms with Crippen molar-refractivity contribution in [2.75, 3.05) is 0 Å². The minimum absolute atomic E-state index is 0.124. The highest BCUT2D eigenvalue weighted by Gasteiger charge is 2.36. The van der Waals surface area contributed by atoms with Crippen LogP contribution in [0, 0.1) is 11.3 Å². The number of fused-ring (bicyclic) bond motifs is 2. The van der Waals surface area contributed by atoms with E-state index in [0.29, 0.717) is 11.5 Å². The predicted molar refractivity (Wildman–Crippen MR) is 94.8 cm³/mol. The minimum Gasteiger partial charge on any atom is -0.420 e. The third-order valence-corrected chi connectivity index (χ3v) is 4.73. The zero-order valence-corrected chi connectivity index (χ0v) is 14.0. The predicted octanol–water partition coefficient (Wildman–Crippen LogP) is 3.45. The second-order valence-corrected chi connectivity index (χ2v) is 6.24. The highest BCUT2D eigenvalue weighted by Crippen LogP contribution is 2.44. The minimum atomic E-state index is -0.282. The van der Waals surface area contributed by atoms with Crippen LogP contribution in [0.5, 0.6) is 5.88 Å². The highest BCUT2D eigenvalue weighted by atomic mass is 16.5. The van der Waals surface area contributed by atoms with E-state index in [1.165, 1.54) is 0 Å². The summed E-state index contributed by atoms with van der Waals surface area (Å²) >= 11 is 0. The fraction of sp³-hybridized carbons (Fsp3) is 0.263. The van der Waals surface area contributed by atoms with Gasteiger partial charge in [0.25, 0.3) is 0 Å². The van der Waals surface area contributed by atoms with Crippen molar-refractivity contribution in [2.24, 2.45) is 5.73 Å². The van der Waals surface area contributed by atoms with Gasteiger partial charge in [0.1, 0.15) is 11.6 Å². The number of hydrogen-bond acceptors (Lipinski definition) is 4. The summed E-state index contributed by atoms with van der Waals surface area (Å²) in [7, 11) is 0. The summed E-state index contributed by atoms with van der Waals surface area (Å²) < 4.78 is 5.62. The number of benzene rings is 1. The van der Waals surface area contributed by atoms with Crippen molar-refractivity contribution in [1.29, 1.82) is 5.26 Å². The fourth-order valence-corrected chi connectivity index (χ4v) is 3.50. The Kier molecular flexibility index (Phi) is 3.69. The summed E-state index contributed by atoms with van der Waals surface area (Å²) in [6, 6.07) is 10.3. The van der Waals surface area contributed by atoms with E-state index in [-0.39, 0.29) is 11.8 Å². The Morgan fingerprint density at radius 2 is 2.20 bits per heavy atom. The van der Waals surface area contributed by atoms with Gasteiger partial charge in [0, 0.05) is 22.8 Å². The topological polar surface area (TPSA) is 104 Å². The van der Waals surface area contributed by atoms with Gasteiger partial charge >= 0.3 is 0 Å². The molecule has 4 N–H and O–H groups in total. The third-order valence-electron chi connectivity index (χ3n) is 4.73. The van der Waals surface area contributed by atoms with E-state index in [4.69, 9.17) is 10.5 Å². The highest BCUT2D eigenvalue weighted by molar-refractivity contribution is 5.85. The van der Waals surface area contributed by atoms with Crippen molar-refractivity contribution in [2.45, 2.75) is 32.1 Å². The van der Waals surface area contributed by atoms with Gasteiger partial charge in [-0.1, -0.05) is 31.5 Å². The van der Waals surface area contributed by atoms with Crippen LogP contribution < -0.4 is 10.5 Å². The summed E-state index contributed by atoms with van der Waals surface area (Å²) in [5.41, 5.74) is 10.4. The number of nitriles is 1. The number of nitrogens with one attached hydrogen (secondary N) is 2. The molecule has 1 atom stereocenters. The zero-order valence-electron chi connectivity index (χ0n) is 14.0. The van der Waals surface area contributed by atoms with Crippen LogP contribution in [0.2, 0.25) is 0 Å². The van der Waals surface area contributed by atoms with E-state index in [9.17, 15) is 5.26 Å². The van der Waals surface area contributed by atoms with Crippen LogP contribution in [0.25, 0.3) is 10.9 Å². The molecule has 0 saturated carbocycles. The van der Waals surface area contributed by atoms with Crippen LogP contribution in [0.1, 0.15) is 42.5 Å². The first-order valence-electron chi connectivity index (χ1n) is 8.45. The molecule has 1 aromatic carbocycles. The van der Waals surface area contributed by atoms with E-state index in [2.05, 4.69) is 28.2 Å². The number of nitrogens with zero attached hydrogens (tertiary/aromatic N) is 2.